The topological polar surface area (TPSA) is 0 Å². The van der Waals surface area contributed by atoms with E-state index in [1.54, 1.807) is 0 Å². The van der Waals surface area contributed by atoms with Crippen molar-refractivity contribution in [2.75, 3.05) is 0 Å². The van der Waals surface area contributed by atoms with Gasteiger partial charge in [-0.25, -0.2) is 0 Å². The van der Waals surface area contributed by atoms with Crippen molar-refractivity contribution in [3.05, 3.63) is 12.2 Å². The zero-order chi connectivity index (χ0) is 10.1. The lowest BCUT2D eigenvalue weighted by molar-refractivity contribution is 0.346. The molecule has 13 heavy (non-hydrogen) atoms. The molecule has 0 spiro atoms. The van der Waals surface area contributed by atoms with Crippen LogP contribution in [0.1, 0.15) is 59.8 Å². The molecule has 0 heteroatoms. The summed E-state index contributed by atoms with van der Waals surface area (Å²) in [5, 5.41) is 0. The standard InChI is InChI=1S/C13H26/c1-5-9-11-13(8-4)12(7-3)10-6-2/h9,11-13H,5-8,10H2,1-4H3. The van der Waals surface area contributed by atoms with Crippen LogP contribution in [0, 0.1) is 11.8 Å². The van der Waals surface area contributed by atoms with Gasteiger partial charge in [0.05, 0.1) is 0 Å². The van der Waals surface area contributed by atoms with Crippen molar-refractivity contribution in [3.63, 3.8) is 0 Å². The molecule has 2 unspecified atom stereocenters. The number of allylic oxidation sites excluding steroid dienone is 2. The Morgan fingerprint density at radius 2 is 1.69 bits per heavy atom. The molecule has 0 aromatic heterocycles. The van der Waals surface area contributed by atoms with E-state index in [9.17, 15) is 0 Å². The maximum atomic E-state index is 2.43. The average molecular weight is 182 g/mol. The fourth-order valence-electron chi connectivity index (χ4n) is 2.03. The highest BCUT2D eigenvalue weighted by Gasteiger charge is 2.13. The Hall–Kier alpha value is -0.260. The second-order valence-corrected chi connectivity index (χ2v) is 3.87. The van der Waals surface area contributed by atoms with Crippen LogP contribution in [0.2, 0.25) is 0 Å². The van der Waals surface area contributed by atoms with Crippen LogP contribution in [0.3, 0.4) is 0 Å². The normalized spacial score (nSPS) is 16.3. The lowest BCUT2D eigenvalue weighted by atomic mass is 9.84. The maximum absolute atomic E-state index is 2.43. The van der Waals surface area contributed by atoms with Gasteiger partial charge < -0.3 is 0 Å². The van der Waals surface area contributed by atoms with E-state index in [4.69, 9.17) is 0 Å². The summed E-state index contributed by atoms with van der Waals surface area (Å²) < 4.78 is 0. The Labute approximate surface area is 84.4 Å². The second-order valence-electron chi connectivity index (χ2n) is 3.87. The van der Waals surface area contributed by atoms with Crippen molar-refractivity contribution in [2.24, 2.45) is 11.8 Å². The van der Waals surface area contributed by atoms with E-state index in [2.05, 4.69) is 39.8 Å². The molecule has 0 N–H and O–H groups in total. The van der Waals surface area contributed by atoms with Crippen LogP contribution in [0.25, 0.3) is 0 Å². The minimum atomic E-state index is 0.824. The van der Waals surface area contributed by atoms with Gasteiger partial charge in [-0.05, 0) is 24.7 Å². The summed E-state index contributed by atoms with van der Waals surface area (Å²) in [5.74, 6) is 1.74. The maximum Gasteiger partial charge on any atom is -0.0208 e. The molecule has 0 bridgehead atoms. The minimum absolute atomic E-state index is 0.824. The molecule has 0 saturated carbocycles. The van der Waals surface area contributed by atoms with Gasteiger partial charge in [-0.2, -0.15) is 0 Å². The third-order valence-corrected chi connectivity index (χ3v) is 2.88. The first kappa shape index (κ1) is 12.7. The van der Waals surface area contributed by atoms with Crippen molar-refractivity contribution in [2.45, 2.75) is 59.8 Å². The molecule has 0 heterocycles. The quantitative estimate of drug-likeness (QED) is 0.496. The summed E-state index contributed by atoms with van der Waals surface area (Å²) in [6, 6.07) is 0. The molecule has 78 valence electrons. The summed E-state index contributed by atoms with van der Waals surface area (Å²) >= 11 is 0. The fourth-order valence-corrected chi connectivity index (χ4v) is 2.03. The third kappa shape index (κ3) is 5.13. The predicted octanol–water partition coefficient (Wildman–Crippen LogP) is 4.81. The van der Waals surface area contributed by atoms with Crippen LogP contribution in [-0.4, -0.2) is 0 Å². The van der Waals surface area contributed by atoms with Gasteiger partial charge >= 0.3 is 0 Å². The van der Waals surface area contributed by atoms with Crippen LogP contribution in [0.15, 0.2) is 12.2 Å². The van der Waals surface area contributed by atoms with Crippen molar-refractivity contribution in [1.82, 2.24) is 0 Å². The summed E-state index contributed by atoms with van der Waals surface area (Å²) in [6.45, 7) is 9.13. The first-order valence-corrected chi connectivity index (χ1v) is 5.96. The first-order valence-electron chi connectivity index (χ1n) is 5.96. The van der Waals surface area contributed by atoms with Crippen LogP contribution in [0.4, 0.5) is 0 Å². The lowest BCUT2D eigenvalue weighted by Gasteiger charge is -2.21. The third-order valence-electron chi connectivity index (χ3n) is 2.88. The smallest absolute Gasteiger partial charge is 0.0208 e. The van der Waals surface area contributed by atoms with Gasteiger partial charge in [0.25, 0.3) is 0 Å². The highest BCUT2D eigenvalue weighted by Crippen LogP contribution is 2.25. The molecule has 0 aliphatic heterocycles. The van der Waals surface area contributed by atoms with Crippen LogP contribution >= 0.6 is 0 Å². The number of hydrogen-bond acceptors (Lipinski definition) is 0. The lowest BCUT2D eigenvalue weighted by Crippen LogP contribution is -2.10. The fraction of sp³-hybridized carbons (Fsp3) is 0.846. The van der Waals surface area contributed by atoms with Gasteiger partial charge in [-0.3, -0.25) is 0 Å². The molecule has 0 radical (unpaired) electrons. The minimum Gasteiger partial charge on any atom is -0.0885 e. The largest absolute Gasteiger partial charge is 0.0885 e. The van der Waals surface area contributed by atoms with Gasteiger partial charge in [0, 0.05) is 0 Å². The molecular formula is C13H26. The first-order chi connectivity index (χ1) is 6.29. The van der Waals surface area contributed by atoms with E-state index in [1.165, 1.54) is 32.1 Å². The molecule has 0 amide bonds. The SMILES string of the molecule is CCC=CC(CC)C(CC)CCC. The zero-order valence-electron chi connectivity index (χ0n) is 9.84. The van der Waals surface area contributed by atoms with E-state index in [0.717, 1.165) is 11.8 Å². The molecule has 0 rings (SSSR count). The van der Waals surface area contributed by atoms with Gasteiger partial charge in [-0.15, -0.1) is 0 Å². The van der Waals surface area contributed by atoms with Gasteiger partial charge in [-0.1, -0.05) is 59.1 Å². The summed E-state index contributed by atoms with van der Waals surface area (Å²) in [7, 11) is 0. The van der Waals surface area contributed by atoms with E-state index >= 15 is 0 Å². The van der Waals surface area contributed by atoms with Gasteiger partial charge in [0.15, 0.2) is 0 Å². The van der Waals surface area contributed by atoms with Crippen molar-refractivity contribution in [1.29, 1.82) is 0 Å². The van der Waals surface area contributed by atoms with Crippen LogP contribution < -0.4 is 0 Å². The molecule has 0 fully saturated rings. The monoisotopic (exact) mass is 182 g/mol. The molecule has 0 aromatic rings. The molecule has 0 aromatic carbocycles. The Bertz CT molecular complexity index is 124. The Morgan fingerprint density at radius 3 is 2.08 bits per heavy atom. The van der Waals surface area contributed by atoms with Crippen molar-refractivity contribution < 1.29 is 0 Å². The van der Waals surface area contributed by atoms with E-state index in [1.807, 2.05) is 0 Å². The molecule has 0 aliphatic carbocycles. The highest BCUT2D eigenvalue weighted by atomic mass is 14.2. The summed E-state index contributed by atoms with van der Waals surface area (Å²) in [6.07, 6.45) is 11.3. The van der Waals surface area contributed by atoms with E-state index in [0.29, 0.717) is 0 Å². The van der Waals surface area contributed by atoms with Crippen LogP contribution in [-0.2, 0) is 0 Å². The number of rotatable bonds is 7. The van der Waals surface area contributed by atoms with Crippen molar-refractivity contribution in [3.8, 4) is 0 Å². The highest BCUT2D eigenvalue weighted by molar-refractivity contribution is 4.90. The van der Waals surface area contributed by atoms with Crippen molar-refractivity contribution >= 4 is 0 Å². The predicted molar refractivity (Wildman–Crippen MR) is 61.9 cm³/mol. The molecule has 0 saturated heterocycles. The van der Waals surface area contributed by atoms with E-state index < -0.39 is 0 Å². The molecular weight excluding hydrogens is 156 g/mol. The molecule has 2 atom stereocenters. The second kappa shape index (κ2) is 8.34. The number of hydrogen-bond donors (Lipinski definition) is 0. The summed E-state index contributed by atoms with van der Waals surface area (Å²) in [4.78, 5) is 0. The zero-order valence-corrected chi connectivity index (χ0v) is 9.84. The van der Waals surface area contributed by atoms with Gasteiger partial charge in [0.1, 0.15) is 0 Å². The van der Waals surface area contributed by atoms with Gasteiger partial charge in [0.2, 0.25) is 0 Å². The van der Waals surface area contributed by atoms with E-state index in [-0.39, 0.29) is 0 Å². The Morgan fingerprint density at radius 1 is 1.00 bits per heavy atom. The molecule has 0 aliphatic rings. The van der Waals surface area contributed by atoms with Crippen LogP contribution in [0.5, 0.6) is 0 Å². The Kier molecular flexibility index (Phi) is 8.18. The average Bonchev–Trinajstić information content (AvgIpc) is 2.17. The summed E-state index contributed by atoms with van der Waals surface area (Å²) in [5.41, 5.74) is 0. The molecule has 0 nitrogen and oxygen atoms in total. The Balaban J connectivity index is 4.07.